The summed E-state index contributed by atoms with van der Waals surface area (Å²) < 4.78 is 0. The van der Waals surface area contributed by atoms with Gasteiger partial charge in [-0.05, 0) is 71.0 Å². The second-order valence-corrected chi connectivity index (χ2v) is 9.97. The summed E-state index contributed by atoms with van der Waals surface area (Å²) in [6.45, 7) is 15.9. The predicted octanol–water partition coefficient (Wildman–Crippen LogP) is 4.50. The molecule has 4 unspecified atom stereocenters. The van der Waals surface area contributed by atoms with Gasteiger partial charge in [0.15, 0.2) is 0 Å². The summed E-state index contributed by atoms with van der Waals surface area (Å²) in [6.07, 6.45) is 7.55. The number of aliphatic hydroxyl groups excluding tert-OH is 1. The maximum absolute atomic E-state index is 11.8. The van der Waals surface area contributed by atoms with Gasteiger partial charge < -0.3 is 10.2 Å². The van der Waals surface area contributed by atoms with Gasteiger partial charge in [0.1, 0.15) is 0 Å². The standard InChI is InChI=1S/C23H34O2/c1-7-22-14(3)9-17-20(21(17,5)6)18(22)10-16(12-24)11-23(25)15(4)13(2)8-19(22)23/h8,10,14,17-20,24-25H,4,7,9,11-12H2,1-3,5-6H3/t14-,17?,18+,19?,20-,22?,23?/m1/s1. The van der Waals surface area contributed by atoms with Crippen LogP contribution in [0, 0.1) is 40.4 Å². The molecule has 4 aliphatic rings. The summed E-state index contributed by atoms with van der Waals surface area (Å²) in [7, 11) is 0. The zero-order chi connectivity index (χ0) is 18.4. The minimum atomic E-state index is -0.927. The maximum atomic E-state index is 11.8. The molecule has 2 heteroatoms. The molecule has 2 fully saturated rings. The first kappa shape index (κ1) is 17.5. The normalized spacial score (nSPS) is 50.2. The van der Waals surface area contributed by atoms with E-state index in [-0.39, 0.29) is 17.9 Å². The van der Waals surface area contributed by atoms with Gasteiger partial charge in [-0.15, -0.1) is 0 Å². The van der Waals surface area contributed by atoms with Crippen molar-refractivity contribution in [1.29, 1.82) is 0 Å². The number of rotatable bonds is 2. The maximum Gasteiger partial charge on any atom is 0.0999 e. The monoisotopic (exact) mass is 342 g/mol. The van der Waals surface area contributed by atoms with Crippen LogP contribution in [0.3, 0.4) is 0 Å². The molecular formula is C23H34O2. The van der Waals surface area contributed by atoms with E-state index in [0.29, 0.717) is 29.6 Å². The van der Waals surface area contributed by atoms with Crippen molar-refractivity contribution in [1.82, 2.24) is 0 Å². The lowest BCUT2D eigenvalue weighted by Gasteiger charge is -2.53. The van der Waals surface area contributed by atoms with Crippen LogP contribution in [0.4, 0.5) is 0 Å². The Bertz CT molecular complexity index is 684. The lowest BCUT2D eigenvalue weighted by atomic mass is 9.51. The Hall–Kier alpha value is -0.860. The first-order valence-electron chi connectivity index (χ1n) is 10.1. The van der Waals surface area contributed by atoms with Crippen molar-refractivity contribution >= 4 is 0 Å². The Balaban J connectivity index is 1.94. The van der Waals surface area contributed by atoms with Gasteiger partial charge in [-0.3, -0.25) is 0 Å². The molecule has 0 spiro atoms. The second kappa shape index (κ2) is 5.10. The van der Waals surface area contributed by atoms with Crippen LogP contribution in [0.2, 0.25) is 0 Å². The smallest absolute Gasteiger partial charge is 0.0999 e. The van der Waals surface area contributed by atoms with Crippen molar-refractivity contribution < 1.29 is 10.2 Å². The van der Waals surface area contributed by atoms with Crippen LogP contribution < -0.4 is 0 Å². The van der Waals surface area contributed by atoms with Crippen LogP contribution in [0.25, 0.3) is 0 Å². The zero-order valence-electron chi connectivity index (χ0n) is 16.5. The van der Waals surface area contributed by atoms with E-state index in [9.17, 15) is 10.2 Å². The van der Waals surface area contributed by atoms with Gasteiger partial charge in [0.25, 0.3) is 0 Å². The molecule has 4 aliphatic carbocycles. The Morgan fingerprint density at radius 3 is 2.56 bits per heavy atom. The molecule has 0 saturated heterocycles. The minimum Gasteiger partial charge on any atom is -0.392 e. The van der Waals surface area contributed by atoms with Crippen molar-refractivity contribution in [3.8, 4) is 0 Å². The number of hydrogen-bond donors (Lipinski definition) is 2. The van der Waals surface area contributed by atoms with Crippen molar-refractivity contribution in [2.75, 3.05) is 6.61 Å². The van der Waals surface area contributed by atoms with Gasteiger partial charge in [-0.25, -0.2) is 0 Å². The van der Waals surface area contributed by atoms with Crippen molar-refractivity contribution in [3.63, 3.8) is 0 Å². The molecule has 0 heterocycles. The van der Waals surface area contributed by atoms with Crippen molar-refractivity contribution in [3.05, 3.63) is 35.5 Å². The molecule has 0 amide bonds. The van der Waals surface area contributed by atoms with Crippen LogP contribution in [0.5, 0.6) is 0 Å². The van der Waals surface area contributed by atoms with Gasteiger partial charge in [-0.1, -0.05) is 46.4 Å². The van der Waals surface area contributed by atoms with Crippen LogP contribution >= 0.6 is 0 Å². The minimum absolute atomic E-state index is 0.0455. The molecule has 0 radical (unpaired) electrons. The van der Waals surface area contributed by atoms with Crippen molar-refractivity contribution in [2.45, 2.75) is 59.5 Å². The number of fused-ring (bicyclic) bond motifs is 5. The molecule has 7 atom stereocenters. The highest BCUT2D eigenvalue weighted by atomic mass is 16.3. The average Bonchev–Trinajstić information content (AvgIpc) is 3.06. The summed E-state index contributed by atoms with van der Waals surface area (Å²) in [5.74, 6) is 2.57. The van der Waals surface area contributed by atoms with E-state index in [2.05, 4.69) is 53.3 Å². The van der Waals surface area contributed by atoms with Crippen LogP contribution in [0.1, 0.15) is 53.9 Å². The highest BCUT2D eigenvalue weighted by Gasteiger charge is 2.71. The van der Waals surface area contributed by atoms with E-state index in [0.717, 1.165) is 29.1 Å². The fourth-order valence-electron chi connectivity index (χ4n) is 7.39. The quantitative estimate of drug-likeness (QED) is 0.726. The third-order valence-corrected chi connectivity index (χ3v) is 8.91. The number of allylic oxidation sites excluding steroid dienone is 1. The van der Waals surface area contributed by atoms with Gasteiger partial charge in [0.05, 0.1) is 12.2 Å². The lowest BCUT2D eigenvalue weighted by Crippen LogP contribution is -2.52. The van der Waals surface area contributed by atoms with Gasteiger partial charge in [0.2, 0.25) is 0 Å². The third kappa shape index (κ3) is 1.93. The molecule has 0 bridgehead atoms. The van der Waals surface area contributed by atoms with E-state index < -0.39 is 5.60 Å². The Kier molecular flexibility index (Phi) is 3.58. The van der Waals surface area contributed by atoms with Crippen molar-refractivity contribution in [2.24, 2.45) is 40.4 Å². The predicted molar refractivity (Wildman–Crippen MR) is 102 cm³/mol. The van der Waals surface area contributed by atoms with E-state index in [4.69, 9.17) is 0 Å². The van der Waals surface area contributed by atoms with E-state index in [1.165, 1.54) is 6.42 Å². The summed E-state index contributed by atoms with van der Waals surface area (Å²) in [6, 6.07) is 0. The highest BCUT2D eigenvalue weighted by molar-refractivity contribution is 5.48. The largest absolute Gasteiger partial charge is 0.392 e. The first-order valence-corrected chi connectivity index (χ1v) is 10.1. The molecule has 2 saturated carbocycles. The summed E-state index contributed by atoms with van der Waals surface area (Å²) in [4.78, 5) is 0. The van der Waals surface area contributed by atoms with Gasteiger partial charge in [0, 0.05) is 12.3 Å². The SMILES string of the molecule is C=C1C(C)=CC2C1(O)CC(CO)=C[C@H]1[C@H]3C(C[C@@H](C)C21CC)C3(C)C. The van der Waals surface area contributed by atoms with Crippen LogP contribution in [-0.4, -0.2) is 22.4 Å². The van der Waals surface area contributed by atoms with Crippen LogP contribution in [0.15, 0.2) is 35.5 Å². The number of hydrogen-bond acceptors (Lipinski definition) is 2. The summed E-state index contributed by atoms with van der Waals surface area (Å²) in [5.41, 5.74) is 2.53. The van der Waals surface area contributed by atoms with E-state index in [1.807, 2.05) is 0 Å². The molecule has 2 nitrogen and oxygen atoms in total. The average molecular weight is 343 g/mol. The summed E-state index contributed by atoms with van der Waals surface area (Å²) in [5, 5.41) is 21.8. The van der Waals surface area contributed by atoms with E-state index >= 15 is 0 Å². The Labute approximate surface area is 152 Å². The van der Waals surface area contributed by atoms with Gasteiger partial charge >= 0.3 is 0 Å². The molecule has 0 aliphatic heterocycles. The first-order chi connectivity index (χ1) is 11.6. The molecule has 4 rings (SSSR count). The van der Waals surface area contributed by atoms with E-state index in [1.54, 1.807) is 0 Å². The third-order valence-electron chi connectivity index (χ3n) is 8.91. The topological polar surface area (TPSA) is 40.5 Å². The van der Waals surface area contributed by atoms with Gasteiger partial charge in [-0.2, -0.15) is 0 Å². The lowest BCUT2D eigenvalue weighted by molar-refractivity contribution is -0.0785. The molecule has 0 aromatic carbocycles. The molecule has 0 aromatic rings. The van der Waals surface area contributed by atoms with Crippen LogP contribution in [-0.2, 0) is 0 Å². The highest BCUT2D eigenvalue weighted by Crippen LogP contribution is 2.76. The second-order valence-electron chi connectivity index (χ2n) is 9.97. The molecule has 138 valence electrons. The Morgan fingerprint density at radius 2 is 1.96 bits per heavy atom. The molecular weight excluding hydrogens is 308 g/mol. The summed E-state index contributed by atoms with van der Waals surface area (Å²) >= 11 is 0. The Morgan fingerprint density at radius 1 is 1.28 bits per heavy atom. The molecule has 2 N–H and O–H groups in total. The molecule has 25 heavy (non-hydrogen) atoms. The zero-order valence-corrected chi connectivity index (χ0v) is 16.5. The fraction of sp³-hybridized carbons (Fsp3) is 0.739. The fourth-order valence-corrected chi connectivity index (χ4v) is 7.39. The molecule has 0 aromatic heterocycles. The number of aliphatic hydroxyl groups is 2.